The highest BCUT2D eigenvalue weighted by Crippen LogP contribution is 2.36. The summed E-state index contributed by atoms with van der Waals surface area (Å²) in [6.07, 6.45) is 1.55. The van der Waals surface area contributed by atoms with Gasteiger partial charge in [-0.2, -0.15) is 0 Å². The van der Waals surface area contributed by atoms with Gasteiger partial charge in [-0.3, -0.25) is 19.9 Å². The SMILES string of the molecule is CCOc1cc(C=Nc2ccc([N+](=O)[O-])cc2)cc(Cl)c1OCC(=O)Nc1ccc(Cl)cc1. The number of hydrogen-bond donors (Lipinski definition) is 1. The minimum absolute atomic E-state index is 0.0165. The Bertz CT molecular complexity index is 1170. The predicted octanol–water partition coefficient (Wildman–Crippen LogP) is 6.07. The number of carbonyl (C=O) groups excluding carboxylic acids is 1. The average molecular weight is 488 g/mol. The van der Waals surface area contributed by atoms with Gasteiger partial charge in [-0.25, -0.2) is 0 Å². The molecule has 0 saturated carbocycles. The van der Waals surface area contributed by atoms with Crippen LogP contribution in [0.3, 0.4) is 0 Å². The Morgan fingerprint density at radius 2 is 1.79 bits per heavy atom. The Hall–Kier alpha value is -3.62. The number of ether oxygens (including phenoxy) is 2. The van der Waals surface area contributed by atoms with Gasteiger partial charge in [0.05, 0.1) is 22.2 Å². The summed E-state index contributed by atoms with van der Waals surface area (Å²) < 4.78 is 11.3. The Morgan fingerprint density at radius 3 is 2.42 bits per heavy atom. The van der Waals surface area contributed by atoms with Gasteiger partial charge in [0.25, 0.3) is 11.6 Å². The van der Waals surface area contributed by atoms with E-state index in [4.69, 9.17) is 32.7 Å². The highest BCUT2D eigenvalue weighted by Gasteiger charge is 2.14. The molecule has 170 valence electrons. The van der Waals surface area contributed by atoms with Crippen LogP contribution in [0.15, 0.2) is 65.7 Å². The minimum Gasteiger partial charge on any atom is -0.490 e. The maximum atomic E-state index is 12.2. The third kappa shape index (κ3) is 6.93. The van der Waals surface area contributed by atoms with E-state index in [1.807, 2.05) is 6.92 Å². The summed E-state index contributed by atoms with van der Waals surface area (Å²) in [5, 5.41) is 14.3. The lowest BCUT2D eigenvalue weighted by atomic mass is 10.2. The summed E-state index contributed by atoms with van der Waals surface area (Å²) in [5.74, 6) is 0.214. The van der Waals surface area contributed by atoms with Crippen molar-refractivity contribution in [2.75, 3.05) is 18.5 Å². The Balaban J connectivity index is 1.71. The van der Waals surface area contributed by atoms with E-state index in [-0.39, 0.29) is 29.0 Å². The molecule has 8 nitrogen and oxygen atoms in total. The van der Waals surface area contributed by atoms with Crippen molar-refractivity contribution in [3.8, 4) is 11.5 Å². The number of nitrogens with one attached hydrogen (secondary N) is 1. The van der Waals surface area contributed by atoms with Crippen LogP contribution in [0.25, 0.3) is 0 Å². The first-order valence-corrected chi connectivity index (χ1v) is 10.5. The third-order valence-corrected chi connectivity index (χ3v) is 4.76. The fraction of sp³-hybridized carbons (Fsp3) is 0.130. The van der Waals surface area contributed by atoms with Gasteiger partial charge in [0.2, 0.25) is 0 Å². The van der Waals surface area contributed by atoms with Crippen LogP contribution in [0.1, 0.15) is 12.5 Å². The van der Waals surface area contributed by atoms with Crippen molar-refractivity contribution in [1.29, 1.82) is 0 Å². The van der Waals surface area contributed by atoms with E-state index in [9.17, 15) is 14.9 Å². The number of hydrogen-bond acceptors (Lipinski definition) is 6. The van der Waals surface area contributed by atoms with Crippen LogP contribution >= 0.6 is 23.2 Å². The zero-order valence-electron chi connectivity index (χ0n) is 17.5. The molecule has 3 aromatic carbocycles. The van der Waals surface area contributed by atoms with Crippen LogP contribution in [0, 0.1) is 10.1 Å². The van der Waals surface area contributed by atoms with Gasteiger partial charge in [0, 0.05) is 29.1 Å². The molecule has 0 aliphatic carbocycles. The van der Waals surface area contributed by atoms with Gasteiger partial charge in [-0.1, -0.05) is 23.2 Å². The maximum Gasteiger partial charge on any atom is 0.269 e. The van der Waals surface area contributed by atoms with Crippen LogP contribution in [-0.2, 0) is 4.79 Å². The quantitative estimate of drug-likeness (QED) is 0.224. The summed E-state index contributed by atoms with van der Waals surface area (Å²) in [7, 11) is 0. The number of nitrogens with zero attached hydrogens (tertiary/aromatic N) is 2. The van der Waals surface area contributed by atoms with E-state index in [2.05, 4.69) is 10.3 Å². The topological polar surface area (TPSA) is 103 Å². The first kappa shape index (κ1) is 24.0. The van der Waals surface area contributed by atoms with Crippen LogP contribution in [0.5, 0.6) is 11.5 Å². The van der Waals surface area contributed by atoms with Crippen LogP contribution in [0.2, 0.25) is 10.0 Å². The van der Waals surface area contributed by atoms with Crippen molar-refractivity contribution in [1.82, 2.24) is 0 Å². The van der Waals surface area contributed by atoms with Gasteiger partial charge < -0.3 is 14.8 Å². The predicted molar refractivity (Wildman–Crippen MR) is 129 cm³/mol. The molecule has 0 saturated heterocycles. The lowest BCUT2D eigenvalue weighted by molar-refractivity contribution is -0.384. The summed E-state index contributed by atoms with van der Waals surface area (Å²) in [4.78, 5) is 26.8. The summed E-state index contributed by atoms with van der Waals surface area (Å²) in [6, 6.07) is 15.8. The van der Waals surface area contributed by atoms with E-state index in [0.29, 0.717) is 34.3 Å². The number of rotatable bonds is 9. The normalized spacial score (nSPS) is 10.8. The lowest BCUT2D eigenvalue weighted by Crippen LogP contribution is -2.20. The third-order valence-electron chi connectivity index (χ3n) is 4.23. The summed E-state index contributed by atoms with van der Waals surface area (Å²) >= 11 is 12.2. The monoisotopic (exact) mass is 487 g/mol. The number of nitro benzene ring substituents is 1. The van der Waals surface area contributed by atoms with Crippen LogP contribution in [-0.4, -0.2) is 30.3 Å². The number of benzene rings is 3. The largest absolute Gasteiger partial charge is 0.490 e. The van der Waals surface area contributed by atoms with Crippen LogP contribution < -0.4 is 14.8 Å². The van der Waals surface area contributed by atoms with E-state index in [1.165, 1.54) is 24.3 Å². The van der Waals surface area contributed by atoms with Gasteiger partial charge >= 0.3 is 0 Å². The fourth-order valence-electron chi connectivity index (χ4n) is 2.74. The second kappa shape index (κ2) is 11.3. The van der Waals surface area contributed by atoms with Crippen molar-refractivity contribution in [2.45, 2.75) is 6.92 Å². The molecule has 1 amide bonds. The lowest BCUT2D eigenvalue weighted by Gasteiger charge is -2.14. The summed E-state index contributed by atoms with van der Waals surface area (Å²) in [5.41, 5.74) is 1.73. The van der Waals surface area contributed by atoms with E-state index in [1.54, 1.807) is 42.6 Å². The zero-order chi connectivity index (χ0) is 23.8. The molecule has 0 atom stereocenters. The van der Waals surface area contributed by atoms with Gasteiger partial charge in [-0.15, -0.1) is 0 Å². The van der Waals surface area contributed by atoms with E-state index < -0.39 is 4.92 Å². The molecule has 0 fully saturated rings. The van der Waals surface area contributed by atoms with Crippen molar-refractivity contribution >= 4 is 52.4 Å². The first-order valence-electron chi connectivity index (χ1n) is 9.79. The second-order valence-electron chi connectivity index (χ2n) is 6.64. The average Bonchev–Trinajstić information content (AvgIpc) is 2.79. The molecule has 0 aromatic heterocycles. The Kier molecular flexibility index (Phi) is 8.23. The molecule has 0 aliphatic heterocycles. The number of non-ortho nitro benzene ring substituents is 1. The van der Waals surface area contributed by atoms with Gasteiger partial charge in [-0.05, 0) is 61.0 Å². The second-order valence-corrected chi connectivity index (χ2v) is 7.48. The highest BCUT2D eigenvalue weighted by molar-refractivity contribution is 6.32. The van der Waals surface area contributed by atoms with Crippen molar-refractivity contribution in [3.63, 3.8) is 0 Å². The number of carbonyl (C=O) groups is 1. The molecule has 0 bridgehead atoms. The molecule has 0 aliphatic rings. The van der Waals surface area contributed by atoms with Gasteiger partial charge in [0.1, 0.15) is 0 Å². The molecule has 0 heterocycles. The van der Waals surface area contributed by atoms with Crippen molar-refractivity contribution < 1.29 is 19.2 Å². The fourth-order valence-corrected chi connectivity index (χ4v) is 3.14. The van der Waals surface area contributed by atoms with E-state index in [0.717, 1.165) is 0 Å². The summed E-state index contributed by atoms with van der Waals surface area (Å²) in [6.45, 7) is 1.88. The number of aliphatic imine (C=N–C) groups is 1. The van der Waals surface area contributed by atoms with Crippen molar-refractivity contribution in [2.24, 2.45) is 4.99 Å². The van der Waals surface area contributed by atoms with Gasteiger partial charge in [0.15, 0.2) is 18.1 Å². The molecular weight excluding hydrogens is 469 g/mol. The smallest absolute Gasteiger partial charge is 0.269 e. The molecule has 3 aromatic rings. The number of anilines is 1. The van der Waals surface area contributed by atoms with E-state index >= 15 is 0 Å². The maximum absolute atomic E-state index is 12.2. The Labute approximate surface area is 199 Å². The minimum atomic E-state index is -0.476. The van der Waals surface area contributed by atoms with Crippen LogP contribution in [0.4, 0.5) is 17.1 Å². The zero-order valence-corrected chi connectivity index (χ0v) is 19.0. The number of amides is 1. The molecule has 10 heteroatoms. The first-order chi connectivity index (χ1) is 15.9. The molecule has 33 heavy (non-hydrogen) atoms. The highest BCUT2D eigenvalue weighted by atomic mass is 35.5. The number of halogens is 2. The molecular formula is C23H19Cl2N3O5. The molecule has 0 unspecified atom stereocenters. The molecule has 1 N–H and O–H groups in total. The molecule has 0 spiro atoms. The Morgan fingerprint density at radius 1 is 1.09 bits per heavy atom. The number of nitro groups is 1. The van der Waals surface area contributed by atoms with Crippen molar-refractivity contribution in [3.05, 3.63) is 86.4 Å². The standard InChI is InChI=1S/C23H19Cl2N3O5/c1-2-32-21-12-15(13-26-17-7-9-19(10-8-17)28(30)31)11-20(25)23(21)33-14-22(29)27-18-5-3-16(24)4-6-18/h3-13H,2,14H2,1H3,(H,27,29). The molecule has 0 radical (unpaired) electrons. The molecule has 3 rings (SSSR count).